The first-order chi connectivity index (χ1) is 9.67. The van der Waals surface area contributed by atoms with Crippen LogP contribution >= 0.6 is 0 Å². The van der Waals surface area contributed by atoms with Crippen LogP contribution in [0.2, 0.25) is 0 Å². The van der Waals surface area contributed by atoms with Crippen molar-refractivity contribution in [2.24, 2.45) is 0 Å². The molecule has 0 spiro atoms. The summed E-state index contributed by atoms with van der Waals surface area (Å²) >= 11 is 0. The third-order valence-corrected chi connectivity index (χ3v) is 3.25. The van der Waals surface area contributed by atoms with Gasteiger partial charge >= 0.3 is 5.76 Å². The van der Waals surface area contributed by atoms with Gasteiger partial charge in [-0.25, -0.2) is 4.79 Å². The normalized spacial score (nSPS) is 10.6. The minimum absolute atomic E-state index is 0.366. The first kappa shape index (κ1) is 12.2. The van der Waals surface area contributed by atoms with Crippen molar-refractivity contribution >= 4 is 11.1 Å². The molecule has 0 saturated heterocycles. The summed E-state index contributed by atoms with van der Waals surface area (Å²) in [4.78, 5) is 11.9. The van der Waals surface area contributed by atoms with Crippen LogP contribution in [0.5, 0.6) is 0 Å². The van der Waals surface area contributed by atoms with E-state index in [2.05, 4.69) is 6.07 Å². The first-order valence-corrected chi connectivity index (χ1v) is 6.26. The van der Waals surface area contributed by atoms with Gasteiger partial charge < -0.3 is 4.42 Å². The van der Waals surface area contributed by atoms with E-state index in [1.54, 1.807) is 22.8 Å². The van der Waals surface area contributed by atoms with Crippen LogP contribution in [0, 0.1) is 18.3 Å². The molecule has 20 heavy (non-hydrogen) atoms. The van der Waals surface area contributed by atoms with Gasteiger partial charge in [-0.3, -0.25) is 4.57 Å². The van der Waals surface area contributed by atoms with Gasteiger partial charge in [0.2, 0.25) is 0 Å². The molecule has 0 aliphatic heterocycles. The molecule has 3 rings (SSSR count). The Kier molecular flexibility index (Phi) is 2.88. The maximum absolute atomic E-state index is 11.9. The molecule has 4 nitrogen and oxygen atoms in total. The molecule has 0 aliphatic rings. The lowest BCUT2D eigenvalue weighted by Gasteiger charge is -2.03. The van der Waals surface area contributed by atoms with Gasteiger partial charge in [0.05, 0.1) is 23.7 Å². The predicted octanol–water partition coefficient (Wildman–Crippen LogP) is 2.82. The molecule has 4 heteroatoms. The third kappa shape index (κ3) is 2.10. The highest BCUT2D eigenvalue weighted by Crippen LogP contribution is 2.16. The average molecular weight is 264 g/mol. The molecule has 1 heterocycles. The number of aromatic nitrogens is 1. The quantitative estimate of drug-likeness (QED) is 0.715. The number of nitrogens with zero attached hydrogens (tertiary/aromatic N) is 2. The molecular weight excluding hydrogens is 252 g/mol. The number of hydrogen-bond donors (Lipinski definition) is 0. The Morgan fingerprint density at radius 3 is 2.65 bits per heavy atom. The van der Waals surface area contributed by atoms with Crippen LogP contribution in [0.3, 0.4) is 0 Å². The minimum Gasteiger partial charge on any atom is -0.408 e. The van der Waals surface area contributed by atoms with Crippen LogP contribution in [-0.4, -0.2) is 4.57 Å². The summed E-state index contributed by atoms with van der Waals surface area (Å²) in [5.74, 6) is -0.366. The summed E-state index contributed by atoms with van der Waals surface area (Å²) in [5, 5.41) is 8.78. The molecule has 0 unspecified atom stereocenters. The maximum atomic E-state index is 11.9. The minimum atomic E-state index is -0.366. The smallest absolute Gasteiger partial charge is 0.408 e. The third-order valence-electron chi connectivity index (χ3n) is 3.25. The van der Waals surface area contributed by atoms with Crippen LogP contribution in [0.4, 0.5) is 0 Å². The zero-order valence-corrected chi connectivity index (χ0v) is 11.0. The Balaban J connectivity index is 2.05. The Hall–Kier alpha value is -2.80. The SMILES string of the molecule is Cc1ccc2oc(=O)n(Cc3ccc(C#N)cc3)c2c1. The summed E-state index contributed by atoms with van der Waals surface area (Å²) in [6, 6.07) is 14.9. The summed E-state index contributed by atoms with van der Waals surface area (Å²) in [6.45, 7) is 2.41. The zero-order chi connectivity index (χ0) is 14.1. The van der Waals surface area contributed by atoms with Crippen molar-refractivity contribution < 1.29 is 4.42 Å². The number of hydrogen-bond acceptors (Lipinski definition) is 3. The average Bonchev–Trinajstić information content (AvgIpc) is 2.76. The second-order valence-electron chi connectivity index (χ2n) is 4.73. The molecule has 0 atom stereocenters. The van der Waals surface area contributed by atoms with Gasteiger partial charge in [0.1, 0.15) is 0 Å². The standard InChI is InChI=1S/C16H12N2O2/c1-11-2-7-15-14(8-11)18(16(19)20-15)10-13-5-3-12(9-17)4-6-13/h2-8H,10H2,1H3. The van der Waals surface area contributed by atoms with Gasteiger partial charge in [0.25, 0.3) is 0 Å². The second kappa shape index (κ2) is 4.71. The maximum Gasteiger partial charge on any atom is 0.420 e. The molecule has 0 bridgehead atoms. The number of rotatable bonds is 2. The predicted molar refractivity (Wildman–Crippen MR) is 75.5 cm³/mol. The molecule has 2 aromatic carbocycles. The highest BCUT2D eigenvalue weighted by atomic mass is 16.4. The van der Waals surface area contributed by atoms with Gasteiger partial charge in [0.15, 0.2) is 5.58 Å². The number of nitriles is 1. The van der Waals surface area contributed by atoms with Crippen molar-refractivity contribution in [2.75, 3.05) is 0 Å². The van der Waals surface area contributed by atoms with E-state index in [0.29, 0.717) is 17.7 Å². The fraction of sp³-hybridized carbons (Fsp3) is 0.125. The Labute approximate surface area is 115 Å². The number of oxazole rings is 1. The van der Waals surface area contributed by atoms with E-state index in [0.717, 1.165) is 16.6 Å². The molecule has 1 aromatic heterocycles. The number of benzene rings is 2. The molecular formula is C16H12N2O2. The fourth-order valence-electron chi connectivity index (χ4n) is 2.19. The van der Waals surface area contributed by atoms with Gasteiger partial charge in [-0.2, -0.15) is 5.26 Å². The second-order valence-corrected chi connectivity index (χ2v) is 4.73. The molecule has 0 saturated carbocycles. The van der Waals surface area contributed by atoms with Crippen LogP contribution in [0.15, 0.2) is 51.7 Å². The largest absolute Gasteiger partial charge is 0.420 e. The van der Waals surface area contributed by atoms with Crippen molar-refractivity contribution in [3.05, 3.63) is 69.7 Å². The molecule has 0 fully saturated rings. The Morgan fingerprint density at radius 2 is 1.95 bits per heavy atom. The molecule has 98 valence electrons. The van der Waals surface area contributed by atoms with Crippen LogP contribution < -0.4 is 5.76 Å². The lowest BCUT2D eigenvalue weighted by molar-refractivity contribution is 0.517. The summed E-state index contributed by atoms with van der Waals surface area (Å²) in [6.07, 6.45) is 0. The van der Waals surface area contributed by atoms with Crippen molar-refractivity contribution in [3.63, 3.8) is 0 Å². The Morgan fingerprint density at radius 1 is 1.20 bits per heavy atom. The summed E-state index contributed by atoms with van der Waals surface area (Å²) in [5.41, 5.74) is 4.02. The van der Waals surface area contributed by atoms with E-state index in [-0.39, 0.29) is 5.76 Å². The lowest BCUT2D eigenvalue weighted by Crippen LogP contribution is -2.14. The van der Waals surface area contributed by atoms with Gasteiger partial charge in [0, 0.05) is 0 Å². The topological polar surface area (TPSA) is 58.9 Å². The highest BCUT2D eigenvalue weighted by molar-refractivity contribution is 5.73. The first-order valence-electron chi connectivity index (χ1n) is 6.26. The number of aryl methyl sites for hydroxylation is 1. The van der Waals surface area contributed by atoms with Crippen molar-refractivity contribution in [1.29, 1.82) is 5.26 Å². The number of fused-ring (bicyclic) bond motifs is 1. The van der Waals surface area contributed by atoms with E-state index in [1.807, 2.05) is 31.2 Å². The van der Waals surface area contributed by atoms with Crippen molar-refractivity contribution in [3.8, 4) is 6.07 Å². The van der Waals surface area contributed by atoms with Crippen LogP contribution in [-0.2, 0) is 6.54 Å². The van der Waals surface area contributed by atoms with Crippen molar-refractivity contribution in [1.82, 2.24) is 4.57 Å². The van der Waals surface area contributed by atoms with Crippen LogP contribution in [0.25, 0.3) is 11.1 Å². The molecule has 3 aromatic rings. The molecule has 0 aliphatic carbocycles. The molecule has 0 amide bonds. The zero-order valence-electron chi connectivity index (χ0n) is 11.0. The van der Waals surface area contributed by atoms with E-state index >= 15 is 0 Å². The molecule has 0 radical (unpaired) electrons. The fourth-order valence-corrected chi connectivity index (χ4v) is 2.19. The van der Waals surface area contributed by atoms with E-state index in [1.165, 1.54) is 0 Å². The summed E-state index contributed by atoms with van der Waals surface area (Å²) in [7, 11) is 0. The Bertz CT molecular complexity index is 864. The monoisotopic (exact) mass is 264 g/mol. The van der Waals surface area contributed by atoms with E-state index in [9.17, 15) is 4.79 Å². The van der Waals surface area contributed by atoms with Crippen molar-refractivity contribution in [2.45, 2.75) is 13.5 Å². The molecule has 0 N–H and O–H groups in total. The van der Waals surface area contributed by atoms with Crippen LogP contribution in [0.1, 0.15) is 16.7 Å². The highest BCUT2D eigenvalue weighted by Gasteiger charge is 2.09. The van der Waals surface area contributed by atoms with Gasteiger partial charge in [-0.1, -0.05) is 18.2 Å². The van der Waals surface area contributed by atoms with Gasteiger partial charge in [-0.05, 0) is 42.3 Å². The lowest BCUT2D eigenvalue weighted by atomic mass is 10.1. The van der Waals surface area contributed by atoms with E-state index < -0.39 is 0 Å². The van der Waals surface area contributed by atoms with Gasteiger partial charge in [-0.15, -0.1) is 0 Å². The summed E-state index contributed by atoms with van der Waals surface area (Å²) < 4.78 is 6.83. The van der Waals surface area contributed by atoms with E-state index in [4.69, 9.17) is 9.68 Å².